The van der Waals surface area contributed by atoms with E-state index in [9.17, 15) is 4.57 Å². The van der Waals surface area contributed by atoms with E-state index in [0.29, 0.717) is 5.56 Å². The molecule has 92 valence electrons. The number of hydrogen-bond acceptors (Lipinski definition) is 3. The quantitative estimate of drug-likeness (QED) is 0.645. The number of unbranched alkanes of at least 4 members (excludes halogenated alkanes) is 1. The van der Waals surface area contributed by atoms with Crippen LogP contribution in [0.3, 0.4) is 0 Å². The summed E-state index contributed by atoms with van der Waals surface area (Å²) in [6.45, 7) is 6.42. The van der Waals surface area contributed by atoms with Crippen LogP contribution in [0.25, 0.3) is 0 Å². The van der Waals surface area contributed by atoms with Crippen molar-refractivity contribution in [1.82, 2.24) is 0 Å². The zero-order valence-electron chi connectivity index (χ0n) is 10.7. The van der Waals surface area contributed by atoms with Crippen molar-refractivity contribution in [1.29, 1.82) is 5.26 Å². The van der Waals surface area contributed by atoms with Crippen LogP contribution in [-0.2, 0) is 4.57 Å². The molecule has 1 aromatic carbocycles. The minimum Gasteiger partial charge on any atom is -0.384 e. The first-order chi connectivity index (χ1) is 7.99. The maximum absolute atomic E-state index is 11.9. The number of hydrogen-bond donors (Lipinski definition) is 1. The Bertz CT molecular complexity index is 471. The molecule has 0 radical (unpaired) electrons. The van der Waals surface area contributed by atoms with Gasteiger partial charge in [-0.2, -0.15) is 5.26 Å². The van der Waals surface area contributed by atoms with E-state index in [1.54, 1.807) is 19.4 Å². The second kappa shape index (κ2) is 5.89. The van der Waals surface area contributed by atoms with Gasteiger partial charge in [0.25, 0.3) is 0 Å². The van der Waals surface area contributed by atoms with Crippen molar-refractivity contribution in [3.05, 3.63) is 23.8 Å². The van der Waals surface area contributed by atoms with Crippen LogP contribution in [0.4, 0.5) is 5.69 Å². The van der Waals surface area contributed by atoms with E-state index >= 15 is 0 Å². The standard InChI is InChI=1S/C13H19N2OP/c1-4-5-8-15-13-7-6-12(17(2,3)16)9-11(13)10-14/h6-7,9,15H,4-5,8H2,1-3H3. The molecule has 0 saturated carbocycles. The highest BCUT2D eigenvalue weighted by molar-refractivity contribution is 7.70. The fourth-order valence-electron chi connectivity index (χ4n) is 1.51. The molecule has 0 aliphatic heterocycles. The van der Waals surface area contributed by atoms with Gasteiger partial charge in [0, 0.05) is 11.8 Å². The molecular weight excluding hydrogens is 231 g/mol. The molecule has 0 spiro atoms. The average molecular weight is 250 g/mol. The van der Waals surface area contributed by atoms with Gasteiger partial charge in [-0.05, 0) is 37.9 Å². The van der Waals surface area contributed by atoms with Crippen molar-refractivity contribution in [2.45, 2.75) is 19.8 Å². The lowest BCUT2D eigenvalue weighted by Gasteiger charge is -2.11. The second-order valence-electron chi connectivity index (χ2n) is 4.47. The molecule has 0 bridgehead atoms. The Morgan fingerprint density at radius 3 is 2.65 bits per heavy atom. The number of nitrogens with zero attached hydrogens (tertiary/aromatic N) is 1. The third-order valence-corrected chi connectivity index (χ3v) is 4.11. The normalized spacial score (nSPS) is 10.9. The molecule has 4 heteroatoms. The second-order valence-corrected chi connectivity index (χ2v) is 7.69. The minimum absolute atomic E-state index is 0.572. The third-order valence-electron chi connectivity index (χ3n) is 2.59. The molecule has 17 heavy (non-hydrogen) atoms. The SMILES string of the molecule is CCCCNc1ccc(P(C)(C)=O)cc1C#N. The van der Waals surface area contributed by atoms with Gasteiger partial charge in [-0.3, -0.25) is 0 Å². The molecule has 0 unspecified atom stereocenters. The highest BCUT2D eigenvalue weighted by Gasteiger charge is 2.13. The fourth-order valence-corrected chi connectivity index (χ4v) is 2.39. The van der Waals surface area contributed by atoms with Crippen LogP contribution in [0.15, 0.2) is 18.2 Å². The topological polar surface area (TPSA) is 52.9 Å². The summed E-state index contributed by atoms with van der Waals surface area (Å²) in [7, 11) is -2.29. The molecule has 0 saturated heterocycles. The van der Waals surface area contributed by atoms with Crippen LogP contribution in [-0.4, -0.2) is 19.9 Å². The van der Waals surface area contributed by atoms with Crippen molar-refractivity contribution >= 4 is 18.1 Å². The lowest BCUT2D eigenvalue weighted by molar-refractivity contribution is 0.588. The maximum Gasteiger partial charge on any atom is 0.109 e. The lowest BCUT2D eigenvalue weighted by atomic mass is 10.2. The summed E-state index contributed by atoms with van der Waals surface area (Å²) in [4.78, 5) is 0. The molecule has 1 rings (SSSR count). The Morgan fingerprint density at radius 1 is 1.41 bits per heavy atom. The Morgan fingerprint density at radius 2 is 2.12 bits per heavy atom. The van der Waals surface area contributed by atoms with Crippen LogP contribution in [0.2, 0.25) is 0 Å². The van der Waals surface area contributed by atoms with Gasteiger partial charge in [0.15, 0.2) is 0 Å². The minimum atomic E-state index is -2.29. The highest BCUT2D eigenvalue weighted by atomic mass is 31.2. The third kappa shape index (κ3) is 3.91. The molecule has 0 aliphatic rings. The first-order valence-electron chi connectivity index (χ1n) is 5.82. The van der Waals surface area contributed by atoms with E-state index in [1.165, 1.54) is 0 Å². The highest BCUT2D eigenvalue weighted by Crippen LogP contribution is 2.35. The summed E-state index contributed by atoms with van der Waals surface area (Å²) >= 11 is 0. The summed E-state index contributed by atoms with van der Waals surface area (Å²) in [6.07, 6.45) is 2.19. The predicted octanol–water partition coefficient (Wildman–Crippen LogP) is 3.02. The summed E-state index contributed by atoms with van der Waals surface area (Å²) in [6, 6.07) is 7.58. The van der Waals surface area contributed by atoms with Crippen LogP contribution >= 0.6 is 7.14 Å². The van der Waals surface area contributed by atoms with E-state index in [0.717, 1.165) is 30.4 Å². The van der Waals surface area contributed by atoms with Gasteiger partial charge in [0.2, 0.25) is 0 Å². The molecule has 3 nitrogen and oxygen atoms in total. The maximum atomic E-state index is 11.9. The van der Waals surface area contributed by atoms with Crippen molar-refractivity contribution in [3.8, 4) is 6.07 Å². The fraction of sp³-hybridized carbons (Fsp3) is 0.462. The zero-order valence-corrected chi connectivity index (χ0v) is 11.6. The summed E-state index contributed by atoms with van der Waals surface area (Å²) < 4.78 is 11.9. The molecule has 0 atom stereocenters. The van der Waals surface area contributed by atoms with Gasteiger partial charge in [0.1, 0.15) is 13.2 Å². The summed E-state index contributed by atoms with van der Waals surface area (Å²) in [5, 5.41) is 13.1. The van der Waals surface area contributed by atoms with Crippen molar-refractivity contribution < 1.29 is 4.57 Å². The van der Waals surface area contributed by atoms with Gasteiger partial charge in [-0.15, -0.1) is 0 Å². The van der Waals surface area contributed by atoms with Crippen LogP contribution in [0, 0.1) is 11.3 Å². The number of anilines is 1. The van der Waals surface area contributed by atoms with Gasteiger partial charge >= 0.3 is 0 Å². The summed E-state index contributed by atoms with van der Waals surface area (Å²) in [5.41, 5.74) is 1.40. The monoisotopic (exact) mass is 250 g/mol. The lowest BCUT2D eigenvalue weighted by Crippen LogP contribution is -2.08. The molecule has 0 aliphatic carbocycles. The van der Waals surface area contributed by atoms with E-state index in [1.807, 2.05) is 12.1 Å². The average Bonchev–Trinajstić information content (AvgIpc) is 2.28. The first-order valence-corrected chi connectivity index (χ1v) is 8.42. The molecule has 0 aromatic heterocycles. The van der Waals surface area contributed by atoms with Crippen LogP contribution in [0.1, 0.15) is 25.3 Å². The Labute approximate surface area is 103 Å². The predicted molar refractivity (Wildman–Crippen MR) is 73.6 cm³/mol. The molecular formula is C13H19N2OP. The van der Waals surface area contributed by atoms with E-state index < -0.39 is 7.14 Å². The van der Waals surface area contributed by atoms with Gasteiger partial charge in [-0.25, -0.2) is 0 Å². The van der Waals surface area contributed by atoms with Crippen LogP contribution < -0.4 is 10.6 Å². The molecule has 1 aromatic rings. The van der Waals surface area contributed by atoms with E-state index in [-0.39, 0.29) is 0 Å². The number of rotatable bonds is 5. The number of benzene rings is 1. The molecule has 0 heterocycles. The molecule has 0 fully saturated rings. The van der Waals surface area contributed by atoms with Gasteiger partial charge in [-0.1, -0.05) is 13.3 Å². The van der Waals surface area contributed by atoms with Crippen LogP contribution in [0.5, 0.6) is 0 Å². The smallest absolute Gasteiger partial charge is 0.109 e. The molecule has 1 N–H and O–H groups in total. The Balaban J connectivity index is 2.95. The van der Waals surface area contributed by atoms with Crippen molar-refractivity contribution in [2.24, 2.45) is 0 Å². The van der Waals surface area contributed by atoms with Gasteiger partial charge in [0.05, 0.1) is 11.3 Å². The largest absolute Gasteiger partial charge is 0.384 e. The zero-order chi connectivity index (χ0) is 12.9. The number of nitriles is 1. The van der Waals surface area contributed by atoms with E-state index in [2.05, 4.69) is 18.3 Å². The Hall–Kier alpha value is -1.26. The van der Waals surface area contributed by atoms with Crippen molar-refractivity contribution in [3.63, 3.8) is 0 Å². The number of nitrogens with one attached hydrogen (secondary N) is 1. The van der Waals surface area contributed by atoms with E-state index in [4.69, 9.17) is 5.26 Å². The molecule has 0 amide bonds. The summed E-state index contributed by atoms with van der Waals surface area (Å²) in [5.74, 6) is 0. The van der Waals surface area contributed by atoms with Gasteiger partial charge < -0.3 is 9.88 Å². The Kier molecular flexibility index (Phi) is 4.78. The van der Waals surface area contributed by atoms with Crippen molar-refractivity contribution in [2.75, 3.05) is 25.2 Å². The first kappa shape index (κ1) is 13.8.